The number of carbonyl (C=O) groups excluding carboxylic acids is 2. The zero-order valence-corrected chi connectivity index (χ0v) is 16.2. The summed E-state index contributed by atoms with van der Waals surface area (Å²) < 4.78 is 18.3. The molecule has 6 heteroatoms. The number of fused-ring (bicyclic) bond motifs is 1. The van der Waals surface area contributed by atoms with Gasteiger partial charge in [-0.3, -0.25) is 9.59 Å². The molecule has 28 heavy (non-hydrogen) atoms. The van der Waals surface area contributed by atoms with E-state index in [0.717, 1.165) is 16.3 Å². The summed E-state index contributed by atoms with van der Waals surface area (Å²) >= 11 is 1.19. The summed E-state index contributed by atoms with van der Waals surface area (Å²) in [6.07, 6.45) is 0. The van der Waals surface area contributed by atoms with Crippen molar-refractivity contribution in [1.82, 2.24) is 0 Å². The van der Waals surface area contributed by atoms with Crippen molar-refractivity contribution in [3.63, 3.8) is 0 Å². The lowest BCUT2D eigenvalue weighted by Gasteiger charge is -2.12. The van der Waals surface area contributed by atoms with E-state index in [0.29, 0.717) is 5.69 Å². The van der Waals surface area contributed by atoms with Gasteiger partial charge in [-0.15, -0.1) is 11.8 Å². The van der Waals surface area contributed by atoms with Gasteiger partial charge in [0.1, 0.15) is 17.7 Å². The SMILES string of the molecule is C[C@H](SCC(=O)Nc1ccc(F)cc1)C(=O)OCc1cccc2ccccc12. The smallest absolute Gasteiger partial charge is 0.319 e. The fourth-order valence-corrected chi connectivity index (χ4v) is 3.36. The first kappa shape index (κ1) is 19.9. The first-order valence-corrected chi connectivity index (χ1v) is 9.88. The highest BCUT2D eigenvalue weighted by atomic mass is 32.2. The summed E-state index contributed by atoms with van der Waals surface area (Å²) in [5, 5.41) is 4.33. The Morgan fingerprint density at radius 1 is 1.04 bits per heavy atom. The molecule has 3 aromatic carbocycles. The van der Waals surface area contributed by atoms with E-state index in [9.17, 15) is 14.0 Å². The van der Waals surface area contributed by atoms with Crippen molar-refractivity contribution in [2.45, 2.75) is 18.8 Å². The molecular weight excluding hydrogens is 377 g/mol. The number of thioether (sulfide) groups is 1. The highest BCUT2D eigenvalue weighted by Crippen LogP contribution is 2.20. The Balaban J connectivity index is 1.47. The summed E-state index contributed by atoms with van der Waals surface area (Å²) in [4.78, 5) is 24.2. The molecule has 0 spiro atoms. The van der Waals surface area contributed by atoms with Crippen LogP contribution in [0, 0.1) is 5.82 Å². The van der Waals surface area contributed by atoms with Crippen molar-refractivity contribution in [2.24, 2.45) is 0 Å². The standard InChI is InChI=1S/C22H20FNO3S/c1-15(28-14-21(25)24-19-11-9-18(23)10-12-19)22(26)27-13-17-7-4-6-16-5-2-3-8-20(16)17/h2-12,15H,13-14H2,1H3,(H,24,25)/t15-/m0/s1. The fraction of sp³-hybridized carbons (Fsp3) is 0.182. The largest absolute Gasteiger partial charge is 0.460 e. The van der Waals surface area contributed by atoms with E-state index < -0.39 is 5.25 Å². The summed E-state index contributed by atoms with van der Waals surface area (Å²) in [5.41, 5.74) is 1.45. The normalized spacial score (nSPS) is 11.8. The molecule has 1 amide bonds. The van der Waals surface area contributed by atoms with Gasteiger partial charge in [-0.2, -0.15) is 0 Å². The lowest BCUT2D eigenvalue weighted by Crippen LogP contribution is -2.21. The van der Waals surface area contributed by atoms with E-state index in [2.05, 4.69) is 5.32 Å². The number of anilines is 1. The van der Waals surface area contributed by atoms with Crippen molar-refractivity contribution in [3.8, 4) is 0 Å². The Labute approximate surface area is 167 Å². The Morgan fingerprint density at radius 3 is 2.54 bits per heavy atom. The second-order valence-corrected chi connectivity index (χ2v) is 7.58. The molecule has 0 heterocycles. The van der Waals surface area contributed by atoms with Gasteiger partial charge < -0.3 is 10.1 Å². The Bertz CT molecular complexity index is 970. The maximum absolute atomic E-state index is 12.9. The van der Waals surface area contributed by atoms with Crippen LogP contribution in [0.4, 0.5) is 10.1 Å². The lowest BCUT2D eigenvalue weighted by molar-refractivity contribution is -0.143. The van der Waals surface area contributed by atoms with Gasteiger partial charge in [0, 0.05) is 5.69 Å². The van der Waals surface area contributed by atoms with Gasteiger partial charge in [0.25, 0.3) is 0 Å². The Morgan fingerprint density at radius 2 is 1.75 bits per heavy atom. The van der Waals surface area contributed by atoms with Crippen LogP contribution >= 0.6 is 11.8 Å². The van der Waals surface area contributed by atoms with E-state index in [4.69, 9.17) is 4.74 Å². The van der Waals surface area contributed by atoms with E-state index in [1.807, 2.05) is 42.5 Å². The monoisotopic (exact) mass is 397 g/mol. The molecule has 1 N–H and O–H groups in total. The van der Waals surface area contributed by atoms with Crippen molar-refractivity contribution < 1.29 is 18.7 Å². The molecule has 0 saturated carbocycles. The lowest BCUT2D eigenvalue weighted by atomic mass is 10.1. The molecule has 0 aromatic heterocycles. The van der Waals surface area contributed by atoms with Gasteiger partial charge in [-0.1, -0.05) is 42.5 Å². The molecule has 0 fully saturated rings. The van der Waals surface area contributed by atoms with Gasteiger partial charge in [0.2, 0.25) is 5.91 Å². The van der Waals surface area contributed by atoms with Crippen LogP contribution in [0.5, 0.6) is 0 Å². The van der Waals surface area contributed by atoms with Crippen molar-refractivity contribution in [1.29, 1.82) is 0 Å². The van der Waals surface area contributed by atoms with Gasteiger partial charge in [-0.05, 0) is 47.5 Å². The summed E-state index contributed by atoms with van der Waals surface area (Å²) in [7, 11) is 0. The van der Waals surface area contributed by atoms with Crippen LogP contribution in [0.2, 0.25) is 0 Å². The van der Waals surface area contributed by atoms with Gasteiger partial charge in [-0.25, -0.2) is 4.39 Å². The van der Waals surface area contributed by atoms with Crippen LogP contribution in [0.3, 0.4) is 0 Å². The minimum Gasteiger partial charge on any atom is -0.460 e. The van der Waals surface area contributed by atoms with Gasteiger partial charge >= 0.3 is 5.97 Å². The Kier molecular flexibility index (Phi) is 6.66. The number of halogens is 1. The first-order chi connectivity index (χ1) is 13.5. The summed E-state index contributed by atoms with van der Waals surface area (Å²) in [6, 6.07) is 19.3. The van der Waals surface area contributed by atoms with E-state index in [-0.39, 0.29) is 30.1 Å². The minimum absolute atomic E-state index is 0.0991. The second-order valence-electron chi connectivity index (χ2n) is 6.25. The van der Waals surface area contributed by atoms with E-state index in [1.165, 1.54) is 36.0 Å². The van der Waals surface area contributed by atoms with Crippen LogP contribution in [-0.4, -0.2) is 22.9 Å². The summed E-state index contributed by atoms with van der Waals surface area (Å²) in [6.45, 7) is 1.90. The molecular formula is C22H20FNO3S. The number of hydrogen-bond donors (Lipinski definition) is 1. The van der Waals surface area contributed by atoms with Crippen LogP contribution in [0.15, 0.2) is 66.7 Å². The third-order valence-corrected chi connectivity index (χ3v) is 5.30. The quantitative estimate of drug-likeness (QED) is 0.583. The van der Waals surface area contributed by atoms with Crippen LogP contribution in [0.25, 0.3) is 10.8 Å². The van der Waals surface area contributed by atoms with Gasteiger partial charge in [0.05, 0.1) is 5.75 Å². The molecule has 1 atom stereocenters. The highest BCUT2D eigenvalue weighted by molar-refractivity contribution is 8.01. The summed E-state index contributed by atoms with van der Waals surface area (Å²) in [5.74, 6) is -0.894. The molecule has 0 aliphatic carbocycles. The molecule has 0 aliphatic rings. The number of esters is 1. The third kappa shape index (κ3) is 5.33. The van der Waals surface area contributed by atoms with Crippen LogP contribution in [0.1, 0.15) is 12.5 Å². The highest BCUT2D eigenvalue weighted by Gasteiger charge is 2.17. The number of ether oxygens (including phenoxy) is 1. The zero-order chi connectivity index (χ0) is 19.9. The third-order valence-electron chi connectivity index (χ3n) is 4.17. The first-order valence-electron chi connectivity index (χ1n) is 8.83. The van der Waals surface area contributed by atoms with E-state index in [1.54, 1.807) is 6.92 Å². The number of rotatable bonds is 7. The maximum atomic E-state index is 12.9. The molecule has 0 aliphatic heterocycles. The zero-order valence-electron chi connectivity index (χ0n) is 15.4. The molecule has 0 radical (unpaired) electrons. The van der Waals surface area contributed by atoms with Crippen LogP contribution in [-0.2, 0) is 20.9 Å². The molecule has 0 saturated heterocycles. The number of hydrogen-bond acceptors (Lipinski definition) is 4. The molecule has 4 nitrogen and oxygen atoms in total. The molecule has 144 valence electrons. The average molecular weight is 397 g/mol. The van der Waals surface area contributed by atoms with Gasteiger partial charge in [0.15, 0.2) is 0 Å². The number of carbonyl (C=O) groups is 2. The predicted octanol–water partition coefficient (Wildman–Crippen LogP) is 4.78. The van der Waals surface area contributed by atoms with Crippen molar-refractivity contribution >= 4 is 40.1 Å². The average Bonchev–Trinajstić information content (AvgIpc) is 2.71. The second kappa shape index (κ2) is 9.37. The number of benzene rings is 3. The maximum Gasteiger partial charge on any atom is 0.319 e. The molecule has 3 aromatic rings. The predicted molar refractivity (Wildman–Crippen MR) is 111 cm³/mol. The molecule has 3 rings (SSSR count). The Hall–Kier alpha value is -2.86. The van der Waals surface area contributed by atoms with E-state index >= 15 is 0 Å². The fourth-order valence-electron chi connectivity index (χ4n) is 2.68. The topological polar surface area (TPSA) is 55.4 Å². The molecule has 0 unspecified atom stereocenters. The minimum atomic E-state index is -0.478. The van der Waals surface area contributed by atoms with Crippen molar-refractivity contribution in [3.05, 3.63) is 78.1 Å². The number of amides is 1. The van der Waals surface area contributed by atoms with Crippen LogP contribution < -0.4 is 5.32 Å². The molecule has 0 bridgehead atoms. The number of nitrogens with one attached hydrogen (secondary N) is 1. The van der Waals surface area contributed by atoms with Crippen molar-refractivity contribution in [2.75, 3.05) is 11.1 Å².